The number of nitriles is 1. The van der Waals surface area contributed by atoms with Gasteiger partial charge in [0.05, 0.1) is 37.1 Å². The Hall–Kier alpha value is -3.68. The molecule has 266 valence electrons. The van der Waals surface area contributed by atoms with Crippen LogP contribution in [0.1, 0.15) is 73.0 Å². The molecule has 2 aliphatic heterocycles. The van der Waals surface area contributed by atoms with E-state index >= 15 is 4.39 Å². The molecule has 3 aromatic rings. The molecular weight excluding hydrogens is 678 g/mol. The maximum absolute atomic E-state index is 16.0. The first-order valence-corrected chi connectivity index (χ1v) is 17.7. The minimum Gasteiger partial charge on any atom is -0.495 e. The summed E-state index contributed by atoms with van der Waals surface area (Å²) in [5, 5.41) is 18.3. The average molecular weight is 724 g/mol. The van der Waals surface area contributed by atoms with Crippen LogP contribution in [0, 0.1) is 35.4 Å². The number of hydrogen-bond donors (Lipinski definition) is 2. The fourth-order valence-electron chi connectivity index (χ4n) is 7.39. The first kappa shape index (κ1) is 37.6. The third-order valence-electron chi connectivity index (χ3n) is 10.0. The normalized spacial score (nSPS) is 22.9. The summed E-state index contributed by atoms with van der Waals surface area (Å²) in [6.45, 7) is 10.2. The maximum atomic E-state index is 16.0. The molecule has 0 saturated carbocycles. The lowest BCUT2D eigenvalue weighted by atomic mass is 9.62. The van der Waals surface area contributed by atoms with Crippen molar-refractivity contribution >= 4 is 40.8 Å². The van der Waals surface area contributed by atoms with Gasteiger partial charge in [-0.1, -0.05) is 62.2 Å². The smallest absolute Gasteiger partial charge is 0.338 e. The zero-order valence-electron chi connectivity index (χ0n) is 29.4. The molecule has 0 aromatic heterocycles. The van der Waals surface area contributed by atoms with E-state index in [1.165, 1.54) is 13.2 Å². The van der Waals surface area contributed by atoms with Crippen LogP contribution in [-0.2, 0) is 14.9 Å². The Morgan fingerprint density at radius 3 is 2.48 bits per heavy atom. The molecular formula is C39H45Cl2FN4O4. The van der Waals surface area contributed by atoms with Crippen LogP contribution in [0.4, 0.5) is 10.1 Å². The molecule has 0 radical (unpaired) electrons. The maximum Gasteiger partial charge on any atom is 0.338 e. The molecule has 11 heteroatoms. The van der Waals surface area contributed by atoms with E-state index in [0.29, 0.717) is 46.3 Å². The predicted octanol–water partition coefficient (Wildman–Crippen LogP) is 7.91. The van der Waals surface area contributed by atoms with Crippen molar-refractivity contribution in [3.8, 4) is 11.8 Å². The summed E-state index contributed by atoms with van der Waals surface area (Å²) in [4.78, 5) is 29.7. The molecule has 2 N–H and O–H groups in total. The number of methoxy groups -OCH3 is 1. The number of hydrogen-bond acceptors (Lipinski definition) is 7. The highest BCUT2D eigenvalue weighted by atomic mass is 35.5. The van der Waals surface area contributed by atoms with E-state index in [-0.39, 0.29) is 21.8 Å². The van der Waals surface area contributed by atoms with E-state index in [1.54, 1.807) is 42.5 Å². The number of piperidine rings is 1. The number of ether oxygens (including phenoxy) is 2. The number of carbonyl (C=O) groups is 2. The molecule has 2 saturated heterocycles. The van der Waals surface area contributed by atoms with Gasteiger partial charge in [-0.15, -0.1) is 0 Å². The number of anilines is 1. The lowest BCUT2D eigenvalue weighted by Gasteiger charge is -2.38. The third-order valence-corrected chi connectivity index (χ3v) is 10.7. The summed E-state index contributed by atoms with van der Waals surface area (Å²) in [7, 11) is 3.54. The largest absolute Gasteiger partial charge is 0.495 e. The number of rotatable bonds is 9. The molecule has 2 fully saturated rings. The summed E-state index contributed by atoms with van der Waals surface area (Å²) in [5.41, 5.74) is 0.260. The van der Waals surface area contributed by atoms with E-state index in [2.05, 4.69) is 28.7 Å². The number of nitrogens with one attached hydrogen (secondary N) is 2. The van der Waals surface area contributed by atoms with Gasteiger partial charge in [-0.05, 0) is 105 Å². The van der Waals surface area contributed by atoms with Gasteiger partial charge in [0.25, 0.3) is 0 Å². The number of amides is 1. The highest BCUT2D eigenvalue weighted by Gasteiger charge is 2.60. The van der Waals surface area contributed by atoms with E-state index in [4.69, 9.17) is 32.7 Å². The van der Waals surface area contributed by atoms with Gasteiger partial charge in [-0.3, -0.25) is 4.79 Å². The quantitative estimate of drug-likeness (QED) is 0.217. The van der Waals surface area contributed by atoms with Crippen molar-refractivity contribution in [1.29, 1.82) is 5.26 Å². The monoisotopic (exact) mass is 722 g/mol. The zero-order valence-corrected chi connectivity index (χ0v) is 30.9. The Kier molecular flexibility index (Phi) is 11.5. The molecule has 2 aliphatic rings. The van der Waals surface area contributed by atoms with Gasteiger partial charge < -0.3 is 25.0 Å². The second-order valence-electron chi connectivity index (χ2n) is 14.7. The average Bonchev–Trinajstić information content (AvgIpc) is 3.38. The number of likely N-dealkylation sites (tertiary alicyclic amines) is 1. The minimum absolute atomic E-state index is 0.145. The molecule has 1 amide bonds. The number of esters is 1. The molecule has 0 unspecified atom stereocenters. The van der Waals surface area contributed by atoms with Crippen LogP contribution in [0.3, 0.4) is 0 Å². The first-order chi connectivity index (χ1) is 23.7. The van der Waals surface area contributed by atoms with Gasteiger partial charge in [0.2, 0.25) is 5.91 Å². The van der Waals surface area contributed by atoms with Crippen LogP contribution in [0.2, 0.25) is 10.0 Å². The zero-order chi connectivity index (χ0) is 36.4. The summed E-state index contributed by atoms with van der Waals surface area (Å²) in [6, 6.07) is 15.2. The second-order valence-corrected chi connectivity index (χ2v) is 15.6. The summed E-state index contributed by atoms with van der Waals surface area (Å²) in [5.74, 6) is -1.85. The van der Waals surface area contributed by atoms with Crippen molar-refractivity contribution in [1.82, 2.24) is 10.2 Å². The number of benzene rings is 3. The molecule has 5 rings (SSSR count). The van der Waals surface area contributed by atoms with E-state index in [1.807, 2.05) is 33.8 Å². The van der Waals surface area contributed by atoms with Crippen molar-refractivity contribution in [3.63, 3.8) is 0 Å². The minimum atomic E-state index is -1.54. The molecule has 2 heterocycles. The molecule has 4 atom stereocenters. The Morgan fingerprint density at radius 1 is 1.12 bits per heavy atom. The van der Waals surface area contributed by atoms with Crippen LogP contribution in [0.25, 0.3) is 0 Å². The van der Waals surface area contributed by atoms with Gasteiger partial charge >= 0.3 is 5.97 Å². The van der Waals surface area contributed by atoms with Gasteiger partial charge in [-0.2, -0.15) is 5.26 Å². The van der Waals surface area contributed by atoms with Gasteiger partial charge in [-0.25, -0.2) is 9.18 Å². The van der Waals surface area contributed by atoms with Crippen LogP contribution in [0.5, 0.6) is 5.75 Å². The summed E-state index contributed by atoms with van der Waals surface area (Å²) < 4.78 is 27.3. The standard InChI is InChI=1S/C39H45Cl2FN4O4/c1-23-27(8-7-9-29(23)41)34-35(45-33(20-38(2,3)4)39(34,22-43)28-12-11-26(40)19-30(28)42)36(47)44-31-13-10-25(18-32(31)49-6)37(48)50-21-24-14-16-46(5)17-15-24/h7-13,18-19,24,33-35,45H,14-17,20-21H2,1-6H3,(H,44,47)/t33-,34-,35+,39-/m0/s1. The fraction of sp³-hybridized carbons (Fsp3) is 0.462. The van der Waals surface area contributed by atoms with Crippen molar-refractivity contribution in [2.45, 2.75) is 70.4 Å². The highest BCUT2D eigenvalue weighted by molar-refractivity contribution is 6.31. The number of carbonyl (C=O) groups excluding carboxylic acids is 2. The highest BCUT2D eigenvalue weighted by Crippen LogP contribution is 2.53. The Balaban J connectivity index is 1.51. The van der Waals surface area contributed by atoms with Crippen molar-refractivity contribution in [2.24, 2.45) is 11.3 Å². The Morgan fingerprint density at radius 2 is 1.84 bits per heavy atom. The van der Waals surface area contributed by atoms with Crippen molar-refractivity contribution < 1.29 is 23.5 Å². The van der Waals surface area contributed by atoms with Crippen LogP contribution in [0.15, 0.2) is 54.6 Å². The molecule has 0 bridgehead atoms. The third kappa shape index (κ3) is 7.79. The molecule has 3 aromatic carbocycles. The topological polar surface area (TPSA) is 104 Å². The number of halogens is 3. The molecule has 0 aliphatic carbocycles. The van der Waals surface area contributed by atoms with Crippen molar-refractivity contribution in [3.05, 3.63) is 92.7 Å². The SMILES string of the molecule is COc1cc(C(=O)OCC2CCN(C)CC2)ccc1NC(=O)[C@@H]1N[C@@H](CC(C)(C)C)[C@](C#N)(c2ccc(Cl)cc2F)[C@H]1c1cccc(Cl)c1C. The van der Waals surface area contributed by atoms with Crippen LogP contribution in [-0.4, -0.2) is 62.7 Å². The molecule has 8 nitrogen and oxygen atoms in total. The van der Waals surface area contributed by atoms with E-state index < -0.39 is 41.1 Å². The number of nitrogens with zero attached hydrogens (tertiary/aromatic N) is 2. The molecule has 50 heavy (non-hydrogen) atoms. The predicted molar refractivity (Wildman–Crippen MR) is 195 cm³/mol. The molecule has 0 spiro atoms. The fourth-order valence-corrected chi connectivity index (χ4v) is 7.74. The lowest BCUT2D eigenvalue weighted by molar-refractivity contribution is -0.118. The first-order valence-electron chi connectivity index (χ1n) is 16.9. The van der Waals surface area contributed by atoms with Gasteiger partial charge in [0, 0.05) is 27.6 Å². The summed E-state index contributed by atoms with van der Waals surface area (Å²) >= 11 is 12.8. The lowest BCUT2D eigenvalue weighted by Crippen LogP contribution is -2.44. The summed E-state index contributed by atoms with van der Waals surface area (Å²) in [6.07, 6.45) is 2.38. The van der Waals surface area contributed by atoms with Crippen molar-refractivity contribution in [2.75, 3.05) is 39.2 Å². The van der Waals surface area contributed by atoms with Gasteiger partial charge in [0.1, 0.15) is 17.0 Å². The Labute approximate surface area is 304 Å². The Bertz CT molecular complexity index is 1780. The van der Waals surface area contributed by atoms with Crippen LogP contribution < -0.4 is 15.4 Å². The van der Waals surface area contributed by atoms with Gasteiger partial charge in [0.15, 0.2) is 0 Å². The van der Waals surface area contributed by atoms with Crippen LogP contribution >= 0.6 is 23.2 Å². The second kappa shape index (κ2) is 15.3. The van der Waals surface area contributed by atoms with E-state index in [0.717, 1.165) is 25.9 Å². The van der Waals surface area contributed by atoms with E-state index in [9.17, 15) is 14.9 Å².